The lowest BCUT2D eigenvalue weighted by atomic mass is 9.69. The Morgan fingerprint density at radius 2 is 1.71 bits per heavy atom. The Morgan fingerprint density at radius 1 is 1.15 bits per heavy atom. The first-order valence-corrected chi connectivity index (χ1v) is 9.99. The Bertz CT molecular complexity index is 776. The summed E-state index contributed by atoms with van der Waals surface area (Å²) in [4.78, 5) is 71.3. The number of aliphatic carboxylic acids is 2. The Hall–Kier alpha value is -3.14. The molecule has 0 bridgehead atoms. The lowest BCUT2D eigenvalue weighted by Gasteiger charge is -2.41. The van der Waals surface area contributed by atoms with Crippen molar-refractivity contribution in [2.24, 2.45) is 17.1 Å². The summed E-state index contributed by atoms with van der Waals surface area (Å²) >= 11 is 0. The number of nitrogens with one attached hydrogen (secondary N) is 2. The lowest BCUT2D eigenvalue weighted by molar-refractivity contribution is -0.187. The van der Waals surface area contributed by atoms with Gasteiger partial charge in [0.1, 0.15) is 30.6 Å². The third-order valence-electron chi connectivity index (χ3n) is 5.27. The van der Waals surface area contributed by atoms with E-state index in [-0.39, 0.29) is 6.29 Å². The summed E-state index contributed by atoms with van der Waals surface area (Å²) in [5.41, 5.74) is 2.99. The van der Waals surface area contributed by atoms with Gasteiger partial charge < -0.3 is 51.4 Å². The van der Waals surface area contributed by atoms with E-state index in [0.717, 1.165) is 20.9 Å². The lowest BCUT2D eigenvalue weighted by Crippen LogP contribution is -2.62. The first kappa shape index (κ1) is 30.9. The van der Waals surface area contributed by atoms with E-state index in [1.807, 2.05) is 0 Å². The third-order valence-corrected chi connectivity index (χ3v) is 5.27. The molecular formula is C19H31N3O12. The van der Waals surface area contributed by atoms with Gasteiger partial charge in [0.05, 0.1) is 17.9 Å². The largest absolute Gasteiger partial charge is 0.481 e. The average molecular weight is 493 g/mol. The van der Waals surface area contributed by atoms with Crippen molar-refractivity contribution in [2.45, 2.75) is 57.1 Å². The number of carbonyl (C=O) groups is 6. The molecule has 0 spiro atoms. The Kier molecular flexibility index (Phi) is 12.3. The zero-order valence-electron chi connectivity index (χ0n) is 18.8. The molecule has 0 heterocycles. The molecule has 0 aromatic rings. The first-order chi connectivity index (χ1) is 15.7. The molecule has 7 atom stereocenters. The summed E-state index contributed by atoms with van der Waals surface area (Å²) in [6, 6.07) is -1.74. The second-order valence-corrected chi connectivity index (χ2v) is 7.67. The van der Waals surface area contributed by atoms with Gasteiger partial charge >= 0.3 is 11.9 Å². The quantitative estimate of drug-likeness (QED) is 0.0955. The van der Waals surface area contributed by atoms with Gasteiger partial charge in [0.15, 0.2) is 6.10 Å². The molecule has 0 aliphatic rings. The number of carboxylic acids is 2. The molecule has 0 aliphatic heterocycles. The van der Waals surface area contributed by atoms with Crippen LogP contribution in [-0.4, -0.2) is 106 Å². The third kappa shape index (κ3) is 7.72. The molecule has 3 unspecified atom stereocenters. The number of carboxylic acid groups (broad SMARTS) is 2. The minimum absolute atomic E-state index is 0.0772. The van der Waals surface area contributed by atoms with Crippen molar-refractivity contribution in [3.05, 3.63) is 0 Å². The predicted molar refractivity (Wildman–Crippen MR) is 111 cm³/mol. The van der Waals surface area contributed by atoms with E-state index in [0.29, 0.717) is 0 Å². The maximum Gasteiger partial charge on any atom is 0.307 e. The second-order valence-electron chi connectivity index (χ2n) is 7.67. The van der Waals surface area contributed by atoms with Gasteiger partial charge in [-0.25, -0.2) is 0 Å². The number of aliphatic hydroxyl groups is 3. The van der Waals surface area contributed by atoms with E-state index < -0.39 is 90.9 Å². The standard InChI is InChI=1S/C19H31N3O12/c1-8(25)22-10(6-23)14(13(29)11(26)7-24)34-15(16(20)30)19(2,18(33)21-3)9(17(31)32)4-5-12(27)28/h6,9-11,13-15,24,26,29H,4-5,7H2,1-3H3,(H2,20,30)(H,21,33)(H,22,25)(H,27,28)(H,31,32)/t9?,10-,11+,13+,14+,15?,19?/m0/s1. The molecule has 9 N–H and O–H groups in total. The Labute approximate surface area is 194 Å². The molecule has 0 saturated heterocycles. The van der Waals surface area contributed by atoms with Crippen LogP contribution in [0, 0.1) is 11.3 Å². The number of aldehydes is 1. The number of aliphatic hydroxyl groups excluding tert-OH is 3. The number of hydrogen-bond donors (Lipinski definition) is 8. The highest BCUT2D eigenvalue weighted by Crippen LogP contribution is 2.38. The van der Waals surface area contributed by atoms with Crippen molar-refractivity contribution in [1.82, 2.24) is 10.6 Å². The molecule has 0 aromatic carbocycles. The van der Waals surface area contributed by atoms with Crippen LogP contribution in [-0.2, 0) is 33.5 Å². The summed E-state index contributed by atoms with van der Waals surface area (Å²) in [6.07, 6.45) is -9.59. The van der Waals surface area contributed by atoms with E-state index in [1.54, 1.807) is 0 Å². The fourth-order valence-electron chi connectivity index (χ4n) is 3.47. The number of ether oxygens (including phenoxy) is 1. The molecule has 15 nitrogen and oxygen atoms in total. The fourth-order valence-corrected chi connectivity index (χ4v) is 3.47. The number of hydrogen-bond acceptors (Lipinski definition) is 10. The number of nitrogens with two attached hydrogens (primary N) is 1. The predicted octanol–water partition coefficient (Wildman–Crippen LogP) is -4.04. The van der Waals surface area contributed by atoms with E-state index in [4.69, 9.17) is 15.6 Å². The van der Waals surface area contributed by atoms with Crippen LogP contribution < -0.4 is 16.4 Å². The Morgan fingerprint density at radius 3 is 2.06 bits per heavy atom. The smallest absolute Gasteiger partial charge is 0.307 e. The number of amides is 3. The van der Waals surface area contributed by atoms with Gasteiger partial charge in [0.2, 0.25) is 17.7 Å². The highest BCUT2D eigenvalue weighted by Gasteiger charge is 2.55. The van der Waals surface area contributed by atoms with Crippen molar-refractivity contribution in [1.29, 1.82) is 0 Å². The molecule has 15 heteroatoms. The van der Waals surface area contributed by atoms with Crippen LogP contribution >= 0.6 is 0 Å². The van der Waals surface area contributed by atoms with Gasteiger partial charge in [-0.3, -0.25) is 24.0 Å². The minimum Gasteiger partial charge on any atom is -0.481 e. The van der Waals surface area contributed by atoms with Gasteiger partial charge in [0.25, 0.3) is 0 Å². The number of rotatable bonds is 16. The van der Waals surface area contributed by atoms with Gasteiger partial charge in [-0.1, -0.05) is 0 Å². The van der Waals surface area contributed by atoms with Crippen LogP contribution in [0.5, 0.6) is 0 Å². The fraction of sp³-hybridized carbons (Fsp3) is 0.684. The highest BCUT2D eigenvalue weighted by atomic mass is 16.5. The monoisotopic (exact) mass is 493 g/mol. The van der Waals surface area contributed by atoms with Crippen molar-refractivity contribution in [3.8, 4) is 0 Å². The van der Waals surface area contributed by atoms with E-state index >= 15 is 0 Å². The van der Waals surface area contributed by atoms with Gasteiger partial charge in [0, 0.05) is 20.4 Å². The summed E-state index contributed by atoms with van der Waals surface area (Å²) in [6.45, 7) is 0.911. The summed E-state index contributed by atoms with van der Waals surface area (Å²) < 4.78 is 5.46. The van der Waals surface area contributed by atoms with Crippen molar-refractivity contribution < 1.29 is 59.0 Å². The molecule has 194 valence electrons. The van der Waals surface area contributed by atoms with Crippen LogP contribution in [0.1, 0.15) is 26.7 Å². The van der Waals surface area contributed by atoms with Crippen LogP contribution in [0.15, 0.2) is 0 Å². The van der Waals surface area contributed by atoms with Gasteiger partial charge in [-0.15, -0.1) is 0 Å². The molecule has 0 fully saturated rings. The number of carbonyl (C=O) groups excluding carboxylic acids is 4. The summed E-state index contributed by atoms with van der Waals surface area (Å²) in [5, 5.41) is 52.4. The van der Waals surface area contributed by atoms with E-state index in [2.05, 4.69) is 10.6 Å². The molecule has 0 aliphatic carbocycles. The van der Waals surface area contributed by atoms with Gasteiger partial charge in [-0.05, 0) is 13.3 Å². The molecule has 0 saturated carbocycles. The highest BCUT2D eigenvalue weighted by molar-refractivity contribution is 5.95. The topological polar surface area (TPSA) is 263 Å². The van der Waals surface area contributed by atoms with Crippen LogP contribution in [0.4, 0.5) is 0 Å². The summed E-state index contributed by atoms with van der Waals surface area (Å²) in [7, 11) is 1.10. The minimum atomic E-state index is -2.40. The van der Waals surface area contributed by atoms with E-state index in [9.17, 15) is 49.2 Å². The molecule has 0 aromatic heterocycles. The molecular weight excluding hydrogens is 462 g/mol. The normalized spacial score (nSPS) is 18.2. The zero-order valence-corrected chi connectivity index (χ0v) is 18.8. The maximum absolute atomic E-state index is 12.8. The molecule has 0 rings (SSSR count). The van der Waals surface area contributed by atoms with Crippen molar-refractivity contribution in [3.63, 3.8) is 0 Å². The molecule has 0 radical (unpaired) electrons. The Balaban J connectivity index is 6.76. The second kappa shape index (κ2) is 13.5. The van der Waals surface area contributed by atoms with Crippen molar-refractivity contribution >= 4 is 35.9 Å². The van der Waals surface area contributed by atoms with Crippen LogP contribution in [0.25, 0.3) is 0 Å². The SMILES string of the molecule is CNC(=O)C(C)(C(CCC(=O)O)C(=O)O)C(O[C@@H]([C@H](O)[C@H](O)CO)[C@H](C=O)NC(C)=O)C(N)=O. The molecule has 34 heavy (non-hydrogen) atoms. The van der Waals surface area contributed by atoms with Gasteiger partial charge in [-0.2, -0.15) is 0 Å². The maximum atomic E-state index is 12.8. The average Bonchev–Trinajstić information content (AvgIpc) is 2.75. The number of primary amides is 1. The van der Waals surface area contributed by atoms with Crippen LogP contribution in [0.3, 0.4) is 0 Å². The summed E-state index contributed by atoms with van der Waals surface area (Å²) in [5.74, 6) is -8.28. The van der Waals surface area contributed by atoms with Crippen molar-refractivity contribution in [2.75, 3.05) is 13.7 Å². The van der Waals surface area contributed by atoms with E-state index in [1.165, 1.54) is 0 Å². The van der Waals surface area contributed by atoms with Crippen LogP contribution in [0.2, 0.25) is 0 Å². The zero-order chi connectivity index (χ0) is 26.8. The molecule has 3 amide bonds. The first-order valence-electron chi connectivity index (χ1n) is 9.99.